The molecule has 164 valence electrons. The first kappa shape index (κ1) is 24.0. The van der Waals surface area contributed by atoms with Crippen molar-refractivity contribution in [1.29, 1.82) is 0 Å². The number of sulfonamides is 2. The topological polar surface area (TPSA) is 121 Å². The summed E-state index contributed by atoms with van der Waals surface area (Å²) in [6.07, 6.45) is -0.0440. The maximum absolute atomic E-state index is 12.6. The van der Waals surface area contributed by atoms with Crippen molar-refractivity contribution in [3.8, 4) is 0 Å². The molecule has 0 unspecified atom stereocenters. The molecule has 8 nitrogen and oxygen atoms in total. The van der Waals surface area contributed by atoms with Crippen LogP contribution in [0.5, 0.6) is 0 Å². The number of nitrogens with one attached hydrogen (secondary N) is 3. The minimum absolute atomic E-state index is 0.0440. The number of amides is 1. The molecule has 2 rings (SSSR count). The van der Waals surface area contributed by atoms with E-state index in [1.165, 1.54) is 19.2 Å². The summed E-state index contributed by atoms with van der Waals surface area (Å²) < 4.78 is 53.6. The van der Waals surface area contributed by atoms with Gasteiger partial charge in [0.15, 0.2) is 0 Å². The Balaban J connectivity index is 1.92. The lowest BCUT2D eigenvalue weighted by molar-refractivity contribution is -0.121. The van der Waals surface area contributed by atoms with Crippen LogP contribution >= 0.6 is 0 Å². The van der Waals surface area contributed by atoms with E-state index in [2.05, 4.69) is 14.8 Å². The first-order valence-corrected chi connectivity index (χ1v) is 12.3. The summed E-state index contributed by atoms with van der Waals surface area (Å²) in [5.74, 6) is -0.350. The van der Waals surface area contributed by atoms with Gasteiger partial charge in [-0.15, -0.1) is 0 Å². The van der Waals surface area contributed by atoms with Gasteiger partial charge in [0.2, 0.25) is 26.0 Å². The van der Waals surface area contributed by atoms with E-state index in [4.69, 9.17) is 0 Å². The first-order valence-electron chi connectivity index (χ1n) is 9.33. The molecule has 2 aromatic carbocycles. The van der Waals surface area contributed by atoms with Gasteiger partial charge in [-0.1, -0.05) is 29.8 Å². The van der Waals surface area contributed by atoms with Gasteiger partial charge in [-0.25, -0.2) is 26.3 Å². The van der Waals surface area contributed by atoms with Crippen LogP contribution in [0, 0.1) is 20.8 Å². The lowest BCUT2D eigenvalue weighted by atomic mass is 10.1. The van der Waals surface area contributed by atoms with Gasteiger partial charge in [0.25, 0.3) is 0 Å². The van der Waals surface area contributed by atoms with Gasteiger partial charge in [0.05, 0.1) is 9.79 Å². The van der Waals surface area contributed by atoms with E-state index in [1.54, 1.807) is 38.1 Å². The Kier molecular flexibility index (Phi) is 7.75. The van der Waals surface area contributed by atoms with Crippen molar-refractivity contribution in [3.05, 3.63) is 58.7 Å². The van der Waals surface area contributed by atoms with Crippen molar-refractivity contribution in [2.45, 2.75) is 43.5 Å². The Morgan fingerprint density at radius 1 is 0.933 bits per heavy atom. The van der Waals surface area contributed by atoms with Gasteiger partial charge >= 0.3 is 0 Å². The molecule has 3 N–H and O–H groups in total. The second-order valence-electron chi connectivity index (χ2n) is 7.01. The van der Waals surface area contributed by atoms with Crippen LogP contribution < -0.4 is 14.8 Å². The van der Waals surface area contributed by atoms with Crippen LogP contribution in [0.3, 0.4) is 0 Å². The second kappa shape index (κ2) is 9.69. The summed E-state index contributed by atoms with van der Waals surface area (Å²) in [6.45, 7) is 5.47. The summed E-state index contributed by atoms with van der Waals surface area (Å²) >= 11 is 0. The van der Waals surface area contributed by atoms with Crippen LogP contribution in [0.4, 0.5) is 0 Å². The molecule has 0 saturated carbocycles. The van der Waals surface area contributed by atoms with Gasteiger partial charge in [0, 0.05) is 19.5 Å². The molecule has 0 aliphatic rings. The van der Waals surface area contributed by atoms with Gasteiger partial charge < -0.3 is 5.32 Å². The summed E-state index contributed by atoms with van der Waals surface area (Å²) in [5, 5.41) is 2.66. The predicted molar refractivity (Wildman–Crippen MR) is 115 cm³/mol. The van der Waals surface area contributed by atoms with Crippen molar-refractivity contribution >= 4 is 26.0 Å². The third-order valence-corrected chi connectivity index (χ3v) is 7.66. The highest BCUT2D eigenvalue weighted by Crippen LogP contribution is 2.21. The van der Waals surface area contributed by atoms with E-state index in [1.807, 2.05) is 6.92 Å². The molecule has 0 aliphatic heterocycles. The monoisotopic (exact) mass is 453 g/mol. The number of rotatable bonds is 9. The number of benzene rings is 2. The van der Waals surface area contributed by atoms with E-state index < -0.39 is 20.0 Å². The van der Waals surface area contributed by atoms with Gasteiger partial charge in [-0.2, -0.15) is 0 Å². The SMILES string of the molecule is CNS(=O)(=O)c1cccc(CNC(=O)CCNS(=O)(=O)c2c(C)cc(C)cc2C)c1. The molecular weight excluding hydrogens is 426 g/mol. The molecular formula is C20H27N3O5S2. The molecule has 0 fully saturated rings. The van der Waals surface area contributed by atoms with Crippen LogP contribution in [-0.4, -0.2) is 36.3 Å². The smallest absolute Gasteiger partial charge is 0.241 e. The number of carbonyl (C=O) groups excluding carboxylic acids is 1. The zero-order valence-electron chi connectivity index (χ0n) is 17.4. The standard InChI is InChI=1S/C20H27N3O5S2/c1-14-10-15(2)20(16(3)11-14)30(27,28)23-9-8-19(24)22-13-17-6-5-7-18(12-17)29(25,26)21-4/h5-7,10-12,21,23H,8-9,13H2,1-4H3,(H,22,24). The summed E-state index contributed by atoms with van der Waals surface area (Å²) in [4.78, 5) is 12.4. The highest BCUT2D eigenvalue weighted by atomic mass is 32.2. The first-order chi connectivity index (χ1) is 14.0. The molecule has 1 amide bonds. The van der Waals surface area contributed by atoms with Crippen LogP contribution in [0.1, 0.15) is 28.7 Å². The highest BCUT2D eigenvalue weighted by Gasteiger charge is 2.20. The van der Waals surface area contributed by atoms with Gasteiger partial charge in [-0.3, -0.25) is 4.79 Å². The molecule has 0 heterocycles. The van der Waals surface area contributed by atoms with Crippen molar-refractivity contribution < 1.29 is 21.6 Å². The predicted octanol–water partition coefficient (Wildman–Crippen LogP) is 1.50. The number of hydrogen-bond acceptors (Lipinski definition) is 5. The van der Waals surface area contributed by atoms with E-state index in [0.717, 1.165) is 5.56 Å². The third kappa shape index (κ3) is 6.11. The quantitative estimate of drug-likeness (QED) is 0.531. The van der Waals surface area contributed by atoms with E-state index >= 15 is 0 Å². The summed E-state index contributed by atoms with van der Waals surface area (Å²) in [6, 6.07) is 9.82. The fourth-order valence-electron chi connectivity index (χ4n) is 3.19. The van der Waals surface area contributed by atoms with E-state index in [-0.39, 0.29) is 35.2 Å². The van der Waals surface area contributed by atoms with Crippen molar-refractivity contribution in [2.75, 3.05) is 13.6 Å². The highest BCUT2D eigenvalue weighted by molar-refractivity contribution is 7.89. The van der Waals surface area contributed by atoms with Crippen LogP contribution in [0.2, 0.25) is 0 Å². The Morgan fingerprint density at radius 3 is 2.17 bits per heavy atom. The molecule has 30 heavy (non-hydrogen) atoms. The maximum Gasteiger partial charge on any atom is 0.241 e. The number of carbonyl (C=O) groups is 1. The van der Waals surface area contributed by atoms with Crippen LogP contribution in [0.25, 0.3) is 0 Å². The fourth-order valence-corrected chi connectivity index (χ4v) is 5.47. The minimum Gasteiger partial charge on any atom is -0.352 e. The van der Waals surface area contributed by atoms with Crippen molar-refractivity contribution in [2.24, 2.45) is 0 Å². The lowest BCUT2D eigenvalue weighted by Gasteiger charge is -2.13. The molecule has 10 heteroatoms. The Hall–Kier alpha value is -2.27. The van der Waals surface area contributed by atoms with Crippen LogP contribution in [-0.2, 0) is 31.4 Å². The molecule has 0 spiro atoms. The van der Waals surface area contributed by atoms with Gasteiger partial charge in [0.1, 0.15) is 0 Å². The molecule has 0 radical (unpaired) electrons. The largest absolute Gasteiger partial charge is 0.352 e. The molecule has 0 aliphatic carbocycles. The zero-order chi connectivity index (χ0) is 22.5. The average Bonchev–Trinajstić information content (AvgIpc) is 2.65. The maximum atomic E-state index is 12.6. The van der Waals surface area contributed by atoms with Gasteiger partial charge in [-0.05, 0) is 56.6 Å². The molecule has 0 aromatic heterocycles. The molecule has 0 atom stereocenters. The second-order valence-corrected chi connectivity index (χ2v) is 10.6. The Labute approximate surface area is 178 Å². The van der Waals surface area contributed by atoms with Crippen molar-refractivity contribution in [3.63, 3.8) is 0 Å². The fraction of sp³-hybridized carbons (Fsp3) is 0.350. The number of aryl methyl sites for hydroxylation is 3. The average molecular weight is 454 g/mol. The molecule has 2 aromatic rings. The zero-order valence-corrected chi connectivity index (χ0v) is 19.1. The number of hydrogen-bond donors (Lipinski definition) is 3. The Morgan fingerprint density at radius 2 is 1.57 bits per heavy atom. The lowest BCUT2D eigenvalue weighted by Crippen LogP contribution is -2.31. The Bertz CT molecular complexity index is 1120. The summed E-state index contributed by atoms with van der Waals surface area (Å²) in [7, 11) is -5.97. The molecule has 0 bridgehead atoms. The normalized spacial score (nSPS) is 12.0. The minimum atomic E-state index is -3.73. The van der Waals surface area contributed by atoms with E-state index in [0.29, 0.717) is 16.7 Å². The third-order valence-electron chi connectivity index (χ3n) is 4.48. The van der Waals surface area contributed by atoms with Crippen molar-refractivity contribution in [1.82, 2.24) is 14.8 Å². The van der Waals surface area contributed by atoms with Crippen LogP contribution in [0.15, 0.2) is 46.2 Å². The summed E-state index contributed by atoms with van der Waals surface area (Å²) in [5.41, 5.74) is 2.91. The molecule has 0 saturated heterocycles. The van der Waals surface area contributed by atoms with E-state index in [9.17, 15) is 21.6 Å².